The zero-order chi connectivity index (χ0) is 18.7. The number of sulfone groups is 1. The fourth-order valence-electron chi connectivity index (χ4n) is 1.79. The lowest BCUT2D eigenvalue weighted by Crippen LogP contribution is -2.23. The first-order valence-electron chi connectivity index (χ1n) is 6.73. The lowest BCUT2D eigenvalue weighted by atomic mass is 10.2. The number of ether oxygens (including phenoxy) is 1. The SMILES string of the molecule is O=C(Nc1cc(S(=O)(=O)C(F)(F)F)ccc1O)OCc1ccccc1. The number of anilines is 1. The van der Waals surface area contributed by atoms with E-state index in [-0.39, 0.29) is 6.61 Å². The topological polar surface area (TPSA) is 92.7 Å². The molecule has 0 aliphatic rings. The van der Waals surface area contributed by atoms with E-state index in [1.807, 2.05) is 5.32 Å². The minimum Gasteiger partial charge on any atom is -0.506 e. The van der Waals surface area contributed by atoms with Gasteiger partial charge in [-0.25, -0.2) is 13.2 Å². The molecule has 0 aromatic heterocycles. The number of hydrogen-bond donors (Lipinski definition) is 2. The Bertz CT molecular complexity index is 866. The zero-order valence-corrected chi connectivity index (χ0v) is 13.3. The van der Waals surface area contributed by atoms with Crippen molar-refractivity contribution in [3.8, 4) is 5.75 Å². The van der Waals surface area contributed by atoms with Crippen molar-refractivity contribution in [3.63, 3.8) is 0 Å². The second kappa shape index (κ2) is 7.01. The maximum atomic E-state index is 12.6. The van der Waals surface area contributed by atoms with Crippen LogP contribution >= 0.6 is 0 Å². The van der Waals surface area contributed by atoms with Crippen LogP contribution < -0.4 is 5.32 Å². The maximum Gasteiger partial charge on any atom is 0.501 e. The number of carbonyl (C=O) groups is 1. The van der Waals surface area contributed by atoms with Crippen LogP contribution in [-0.2, 0) is 21.2 Å². The van der Waals surface area contributed by atoms with Gasteiger partial charge in [0.15, 0.2) is 0 Å². The van der Waals surface area contributed by atoms with E-state index in [1.54, 1.807) is 30.3 Å². The molecule has 0 aliphatic carbocycles. The molecule has 0 radical (unpaired) electrons. The van der Waals surface area contributed by atoms with E-state index < -0.39 is 37.8 Å². The summed E-state index contributed by atoms with van der Waals surface area (Å²) in [4.78, 5) is 10.6. The van der Waals surface area contributed by atoms with Gasteiger partial charge in [-0.3, -0.25) is 5.32 Å². The van der Waals surface area contributed by atoms with Crippen LogP contribution in [0.2, 0.25) is 0 Å². The third-order valence-corrected chi connectivity index (χ3v) is 4.52. The zero-order valence-electron chi connectivity index (χ0n) is 12.4. The molecule has 0 saturated carbocycles. The summed E-state index contributed by atoms with van der Waals surface area (Å²) in [5, 5.41) is 11.6. The van der Waals surface area contributed by atoms with Gasteiger partial charge in [0.2, 0.25) is 0 Å². The highest BCUT2D eigenvalue weighted by Gasteiger charge is 2.47. The summed E-state index contributed by atoms with van der Waals surface area (Å²) < 4.78 is 65.3. The third kappa shape index (κ3) is 4.41. The van der Waals surface area contributed by atoms with Gasteiger partial charge in [-0.1, -0.05) is 30.3 Å². The van der Waals surface area contributed by atoms with Gasteiger partial charge in [0.05, 0.1) is 10.6 Å². The Hall–Kier alpha value is -2.75. The lowest BCUT2D eigenvalue weighted by Gasteiger charge is -2.12. The number of benzene rings is 2. The van der Waals surface area contributed by atoms with Gasteiger partial charge in [0.25, 0.3) is 9.84 Å². The minimum atomic E-state index is -5.61. The number of hydrogen-bond acceptors (Lipinski definition) is 5. The number of phenolic OH excluding ortho intramolecular Hbond substituents is 1. The highest BCUT2D eigenvalue weighted by Crippen LogP contribution is 2.34. The molecule has 1 amide bonds. The van der Waals surface area contributed by atoms with Crippen molar-refractivity contribution in [1.29, 1.82) is 0 Å². The standard InChI is InChI=1S/C15H12F3NO5S/c16-15(17,18)25(22,23)11-6-7-13(20)12(8-11)19-14(21)24-9-10-4-2-1-3-5-10/h1-8,20H,9H2,(H,19,21). The molecule has 0 unspecified atom stereocenters. The van der Waals surface area contributed by atoms with Gasteiger partial charge in [0.1, 0.15) is 12.4 Å². The van der Waals surface area contributed by atoms with E-state index >= 15 is 0 Å². The third-order valence-electron chi connectivity index (χ3n) is 3.03. The summed E-state index contributed by atoms with van der Waals surface area (Å²) in [6.45, 7) is -0.117. The van der Waals surface area contributed by atoms with Crippen molar-refractivity contribution in [2.45, 2.75) is 17.0 Å². The minimum absolute atomic E-state index is 0.117. The Morgan fingerprint density at radius 3 is 2.36 bits per heavy atom. The summed E-state index contributed by atoms with van der Waals surface area (Å²) >= 11 is 0. The smallest absolute Gasteiger partial charge is 0.501 e. The van der Waals surface area contributed by atoms with Crippen LogP contribution in [0, 0.1) is 0 Å². The van der Waals surface area contributed by atoms with Crippen molar-refractivity contribution in [2.75, 3.05) is 5.32 Å². The molecule has 134 valence electrons. The Labute approximate surface area is 140 Å². The summed E-state index contributed by atoms with van der Waals surface area (Å²) in [6.07, 6.45) is -1.07. The largest absolute Gasteiger partial charge is 0.506 e. The number of halogens is 3. The van der Waals surface area contributed by atoms with E-state index in [1.165, 1.54) is 0 Å². The summed E-state index contributed by atoms with van der Waals surface area (Å²) in [6, 6.07) is 10.4. The average Bonchev–Trinajstić information content (AvgIpc) is 2.55. The molecule has 0 bridgehead atoms. The molecule has 0 aliphatic heterocycles. The number of amides is 1. The number of carbonyl (C=O) groups excluding carboxylic acids is 1. The van der Waals surface area contributed by atoms with Crippen LogP contribution in [0.5, 0.6) is 5.75 Å². The van der Waals surface area contributed by atoms with Crippen molar-refractivity contribution >= 4 is 21.6 Å². The van der Waals surface area contributed by atoms with Gasteiger partial charge in [-0.05, 0) is 23.8 Å². The molecule has 2 aromatic carbocycles. The summed E-state index contributed by atoms with van der Waals surface area (Å²) in [5.41, 5.74) is -5.37. The molecule has 10 heteroatoms. The summed E-state index contributed by atoms with van der Waals surface area (Å²) in [7, 11) is -5.61. The number of phenols is 1. The van der Waals surface area contributed by atoms with Gasteiger partial charge in [0, 0.05) is 0 Å². The van der Waals surface area contributed by atoms with Crippen molar-refractivity contribution in [1.82, 2.24) is 0 Å². The Morgan fingerprint density at radius 1 is 1.12 bits per heavy atom. The number of aromatic hydroxyl groups is 1. The second-order valence-corrected chi connectivity index (χ2v) is 6.76. The Morgan fingerprint density at radius 2 is 1.76 bits per heavy atom. The monoisotopic (exact) mass is 375 g/mol. The van der Waals surface area contributed by atoms with Crippen LogP contribution in [0.25, 0.3) is 0 Å². The lowest BCUT2D eigenvalue weighted by molar-refractivity contribution is -0.0436. The van der Waals surface area contributed by atoms with Crippen LogP contribution in [0.3, 0.4) is 0 Å². The van der Waals surface area contributed by atoms with Gasteiger partial charge in [-0.2, -0.15) is 13.2 Å². The van der Waals surface area contributed by atoms with E-state index in [0.717, 1.165) is 6.07 Å². The van der Waals surface area contributed by atoms with Gasteiger partial charge >= 0.3 is 11.6 Å². The molecule has 0 fully saturated rings. The van der Waals surface area contributed by atoms with Crippen molar-refractivity contribution in [3.05, 3.63) is 54.1 Å². The molecular formula is C15H12F3NO5S. The predicted octanol–water partition coefficient (Wildman–Crippen LogP) is 3.43. The van der Waals surface area contributed by atoms with Gasteiger partial charge < -0.3 is 9.84 Å². The van der Waals surface area contributed by atoms with Crippen LogP contribution in [0.15, 0.2) is 53.4 Å². The predicted molar refractivity (Wildman–Crippen MR) is 81.6 cm³/mol. The highest BCUT2D eigenvalue weighted by molar-refractivity contribution is 7.92. The molecule has 25 heavy (non-hydrogen) atoms. The molecule has 0 atom stereocenters. The van der Waals surface area contributed by atoms with Crippen LogP contribution in [0.4, 0.5) is 23.7 Å². The van der Waals surface area contributed by atoms with Gasteiger partial charge in [-0.15, -0.1) is 0 Å². The van der Waals surface area contributed by atoms with Crippen molar-refractivity contribution in [2.24, 2.45) is 0 Å². The fraction of sp³-hybridized carbons (Fsp3) is 0.133. The van der Waals surface area contributed by atoms with Crippen molar-refractivity contribution < 1.29 is 36.2 Å². The summed E-state index contributed by atoms with van der Waals surface area (Å²) in [5.74, 6) is -0.613. The fourth-order valence-corrected chi connectivity index (χ4v) is 2.57. The first-order chi connectivity index (χ1) is 11.6. The molecule has 6 nitrogen and oxygen atoms in total. The molecule has 0 heterocycles. The first-order valence-corrected chi connectivity index (χ1v) is 8.21. The molecule has 2 rings (SSSR count). The van der Waals surface area contributed by atoms with E-state index in [0.29, 0.717) is 17.7 Å². The number of alkyl halides is 3. The Balaban J connectivity index is 2.14. The molecule has 2 N–H and O–H groups in total. The number of rotatable bonds is 4. The molecule has 0 spiro atoms. The highest BCUT2D eigenvalue weighted by atomic mass is 32.2. The quantitative estimate of drug-likeness (QED) is 0.799. The van der Waals surface area contributed by atoms with E-state index in [9.17, 15) is 31.5 Å². The second-order valence-electron chi connectivity index (χ2n) is 4.81. The Kier molecular flexibility index (Phi) is 5.21. The van der Waals surface area contributed by atoms with Crippen LogP contribution in [-0.4, -0.2) is 25.1 Å². The number of nitrogens with one attached hydrogen (secondary N) is 1. The first kappa shape index (κ1) is 18.6. The van der Waals surface area contributed by atoms with E-state index in [2.05, 4.69) is 0 Å². The van der Waals surface area contributed by atoms with Crippen LogP contribution in [0.1, 0.15) is 5.56 Å². The molecule has 2 aromatic rings. The molecule has 0 saturated heterocycles. The average molecular weight is 375 g/mol. The maximum absolute atomic E-state index is 12.6. The molecular weight excluding hydrogens is 363 g/mol. The van der Waals surface area contributed by atoms with E-state index in [4.69, 9.17) is 4.74 Å². The normalized spacial score (nSPS) is 11.8.